The number of amides is 1. The smallest absolute Gasteiger partial charge is 0.450 e. The summed E-state index contributed by atoms with van der Waals surface area (Å²) in [5.41, 5.74) is 1.31. The summed E-state index contributed by atoms with van der Waals surface area (Å²) in [5.74, 6) is -1.23. The maximum absolute atomic E-state index is 13.9. The van der Waals surface area contributed by atoms with Crippen LogP contribution in [0.25, 0.3) is 22.4 Å². The van der Waals surface area contributed by atoms with Gasteiger partial charge in [-0.2, -0.15) is 13.2 Å². The van der Waals surface area contributed by atoms with Gasteiger partial charge in [0.2, 0.25) is 5.82 Å². The molecule has 0 bridgehead atoms. The van der Waals surface area contributed by atoms with Crippen molar-refractivity contribution in [2.45, 2.75) is 18.0 Å². The van der Waals surface area contributed by atoms with Crippen LogP contribution in [0.1, 0.15) is 12.7 Å². The van der Waals surface area contributed by atoms with E-state index in [1.807, 2.05) is 0 Å². The summed E-state index contributed by atoms with van der Waals surface area (Å²) in [6.45, 7) is 2.88. The van der Waals surface area contributed by atoms with Crippen molar-refractivity contribution in [2.24, 2.45) is 0 Å². The van der Waals surface area contributed by atoms with Gasteiger partial charge in [-0.1, -0.05) is 42.5 Å². The zero-order valence-corrected chi connectivity index (χ0v) is 21.0. The minimum atomic E-state index is -4.82. The van der Waals surface area contributed by atoms with E-state index in [2.05, 4.69) is 9.97 Å². The van der Waals surface area contributed by atoms with E-state index in [9.17, 15) is 26.4 Å². The van der Waals surface area contributed by atoms with Crippen LogP contribution in [0.3, 0.4) is 0 Å². The molecule has 1 aromatic heterocycles. The Morgan fingerprint density at radius 3 is 2.11 bits per heavy atom. The lowest BCUT2D eigenvalue weighted by atomic mass is 9.98. The summed E-state index contributed by atoms with van der Waals surface area (Å²) in [6, 6.07) is 14.4. The van der Waals surface area contributed by atoms with Gasteiger partial charge in [-0.15, -0.1) is 0 Å². The second kappa shape index (κ2) is 10.4. The van der Waals surface area contributed by atoms with Gasteiger partial charge >= 0.3 is 12.3 Å². The highest BCUT2D eigenvalue weighted by Gasteiger charge is 2.38. The number of alkyl halides is 3. The topological polar surface area (TPSA) is 92.7 Å². The van der Waals surface area contributed by atoms with Gasteiger partial charge in [-0.3, -0.25) is 0 Å². The van der Waals surface area contributed by atoms with Gasteiger partial charge in [0.1, 0.15) is 5.82 Å². The van der Waals surface area contributed by atoms with Gasteiger partial charge in [0.15, 0.2) is 9.84 Å². The Labute approximate surface area is 212 Å². The van der Waals surface area contributed by atoms with Crippen molar-refractivity contribution in [3.63, 3.8) is 0 Å². The molecule has 0 saturated carbocycles. The summed E-state index contributed by atoms with van der Waals surface area (Å²) in [5, 5.41) is 0. The molecule has 1 saturated heterocycles. The Kier molecular flexibility index (Phi) is 7.39. The lowest BCUT2D eigenvalue weighted by Gasteiger charge is -2.36. The molecule has 0 spiro atoms. The van der Waals surface area contributed by atoms with Crippen molar-refractivity contribution in [3.8, 4) is 22.4 Å². The third-order valence-corrected chi connectivity index (χ3v) is 7.00. The van der Waals surface area contributed by atoms with Crippen molar-refractivity contribution in [1.29, 1.82) is 0 Å². The predicted octanol–water partition coefficient (Wildman–Crippen LogP) is 4.51. The van der Waals surface area contributed by atoms with E-state index in [4.69, 9.17) is 4.74 Å². The summed E-state index contributed by atoms with van der Waals surface area (Å²) < 4.78 is 70.7. The van der Waals surface area contributed by atoms with Crippen LogP contribution in [0.5, 0.6) is 0 Å². The van der Waals surface area contributed by atoms with Crippen LogP contribution in [0, 0.1) is 0 Å². The fourth-order valence-corrected chi connectivity index (χ4v) is 4.69. The Hall–Kier alpha value is -3.67. The Morgan fingerprint density at radius 2 is 1.57 bits per heavy atom. The standard InChI is InChI=1S/C25H25F3N4O4S/c1-3-36-24(33)32-15-13-31(14-16-32)22-20(17-7-5-4-6-8-17)21(29-23(30-22)25(26,27)28)18-9-11-19(12-10-18)37(2,34)35/h4-12H,3,13-16H2,1-2H3. The zero-order valence-electron chi connectivity index (χ0n) is 20.2. The molecule has 3 aromatic rings. The molecular formula is C25H25F3N4O4S. The van der Waals surface area contributed by atoms with Gasteiger partial charge in [-0.25, -0.2) is 23.2 Å². The first kappa shape index (κ1) is 26.4. The highest BCUT2D eigenvalue weighted by molar-refractivity contribution is 7.90. The van der Waals surface area contributed by atoms with E-state index in [0.29, 0.717) is 16.7 Å². The molecule has 0 atom stereocenters. The van der Waals surface area contributed by atoms with Crippen molar-refractivity contribution < 1.29 is 31.1 Å². The van der Waals surface area contributed by atoms with Crippen LogP contribution >= 0.6 is 0 Å². The SMILES string of the molecule is CCOC(=O)N1CCN(c2nc(C(F)(F)F)nc(-c3ccc(S(C)(=O)=O)cc3)c2-c2ccccc2)CC1. The lowest BCUT2D eigenvalue weighted by molar-refractivity contribution is -0.144. The van der Waals surface area contributed by atoms with E-state index in [-0.39, 0.29) is 49.2 Å². The number of rotatable bonds is 5. The van der Waals surface area contributed by atoms with E-state index in [0.717, 1.165) is 6.26 Å². The minimum absolute atomic E-state index is 0.0244. The fraction of sp³-hybridized carbons (Fsp3) is 0.320. The molecule has 12 heteroatoms. The molecule has 0 unspecified atom stereocenters. The summed E-state index contributed by atoms with van der Waals surface area (Å²) in [6.07, 6.45) is -4.24. The lowest BCUT2D eigenvalue weighted by Crippen LogP contribution is -2.49. The Morgan fingerprint density at radius 1 is 0.946 bits per heavy atom. The van der Waals surface area contributed by atoms with Crippen LogP contribution in [0.2, 0.25) is 0 Å². The van der Waals surface area contributed by atoms with Crippen molar-refractivity contribution >= 4 is 21.7 Å². The van der Waals surface area contributed by atoms with Crippen LogP contribution in [-0.4, -0.2) is 68.4 Å². The number of ether oxygens (including phenoxy) is 1. The third-order valence-electron chi connectivity index (χ3n) is 5.87. The second-order valence-electron chi connectivity index (χ2n) is 8.43. The van der Waals surface area contributed by atoms with Crippen LogP contribution in [0.15, 0.2) is 59.5 Å². The first-order chi connectivity index (χ1) is 17.5. The summed E-state index contributed by atoms with van der Waals surface area (Å²) in [7, 11) is -3.50. The van der Waals surface area contributed by atoms with Crippen LogP contribution in [-0.2, 0) is 20.8 Å². The van der Waals surface area contributed by atoms with Gasteiger partial charge in [0.05, 0.1) is 22.8 Å². The Balaban J connectivity index is 1.87. The Bertz CT molecular complexity index is 1370. The first-order valence-electron chi connectivity index (χ1n) is 11.5. The van der Waals surface area contributed by atoms with Gasteiger partial charge < -0.3 is 14.5 Å². The van der Waals surface area contributed by atoms with Gasteiger partial charge in [-0.05, 0) is 24.6 Å². The van der Waals surface area contributed by atoms with Crippen LogP contribution < -0.4 is 4.90 Å². The van der Waals surface area contributed by atoms with Crippen molar-refractivity contribution in [2.75, 3.05) is 43.9 Å². The number of sulfone groups is 1. The number of hydrogen-bond donors (Lipinski definition) is 0. The maximum atomic E-state index is 13.9. The normalized spacial score (nSPS) is 14.5. The van der Waals surface area contributed by atoms with Crippen LogP contribution in [0.4, 0.5) is 23.8 Å². The highest BCUT2D eigenvalue weighted by Crippen LogP contribution is 2.40. The largest absolute Gasteiger partial charge is 0.451 e. The number of nitrogens with zero attached hydrogens (tertiary/aromatic N) is 4. The van der Waals surface area contributed by atoms with Gasteiger partial charge in [0.25, 0.3) is 0 Å². The molecule has 1 aliphatic rings. The molecule has 196 valence electrons. The molecule has 2 aromatic carbocycles. The average molecular weight is 535 g/mol. The zero-order chi connectivity index (χ0) is 26.8. The summed E-state index contributed by atoms with van der Waals surface area (Å²) in [4.78, 5) is 23.2. The number of carbonyl (C=O) groups excluding carboxylic acids is 1. The number of piperazine rings is 1. The first-order valence-corrected chi connectivity index (χ1v) is 13.4. The molecule has 2 heterocycles. The predicted molar refractivity (Wildman–Crippen MR) is 132 cm³/mol. The average Bonchev–Trinajstić information content (AvgIpc) is 2.88. The van der Waals surface area contributed by atoms with E-state index >= 15 is 0 Å². The molecule has 0 aliphatic carbocycles. The molecule has 0 N–H and O–H groups in total. The molecule has 1 amide bonds. The number of halogens is 3. The molecule has 1 fully saturated rings. The molecule has 37 heavy (non-hydrogen) atoms. The van der Waals surface area contributed by atoms with Crippen molar-refractivity contribution in [3.05, 3.63) is 60.4 Å². The van der Waals surface area contributed by atoms with Crippen molar-refractivity contribution in [1.82, 2.24) is 14.9 Å². The fourth-order valence-electron chi connectivity index (χ4n) is 4.06. The number of carbonyl (C=O) groups is 1. The quantitative estimate of drug-likeness (QED) is 0.476. The monoisotopic (exact) mass is 534 g/mol. The third kappa shape index (κ3) is 5.85. The molecule has 0 radical (unpaired) electrons. The maximum Gasteiger partial charge on any atom is 0.451 e. The number of aromatic nitrogens is 2. The highest BCUT2D eigenvalue weighted by atomic mass is 32.2. The van der Waals surface area contributed by atoms with E-state index in [1.165, 1.54) is 29.2 Å². The number of anilines is 1. The van der Waals surface area contributed by atoms with E-state index < -0.39 is 27.9 Å². The van der Waals surface area contributed by atoms with Gasteiger partial charge in [0, 0.05) is 38.0 Å². The molecular weight excluding hydrogens is 509 g/mol. The van der Waals surface area contributed by atoms with E-state index in [1.54, 1.807) is 42.2 Å². The minimum Gasteiger partial charge on any atom is -0.450 e. The molecule has 8 nitrogen and oxygen atoms in total. The second-order valence-corrected chi connectivity index (χ2v) is 10.4. The summed E-state index contributed by atoms with van der Waals surface area (Å²) >= 11 is 0. The number of hydrogen-bond acceptors (Lipinski definition) is 7. The molecule has 4 rings (SSSR count). The number of benzene rings is 2. The molecule has 1 aliphatic heterocycles.